The number of amides is 2. The predicted molar refractivity (Wildman–Crippen MR) is 105 cm³/mol. The Morgan fingerprint density at radius 2 is 1.59 bits per heavy atom. The lowest BCUT2D eigenvalue weighted by molar-refractivity contribution is -0.123. The summed E-state index contributed by atoms with van der Waals surface area (Å²) in [5.41, 5.74) is 1.10. The normalized spacial score (nSPS) is 13.2. The van der Waals surface area contributed by atoms with Crippen molar-refractivity contribution in [3.63, 3.8) is 0 Å². The molecule has 0 heterocycles. The molecule has 0 saturated heterocycles. The maximum atomic E-state index is 12.8. The molecular formula is C22H20N2O3. The van der Waals surface area contributed by atoms with Crippen molar-refractivity contribution in [1.82, 2.24) is 5.32 Å². The van der Waals surface area contributed by atoms with Crippen molar-refractivity contribution in [3.05, 3.63) is 72.3 Å². The summed E-state index contributed by atoms with van der Waals surface area (Å²) in [5.74, 6) is -0.0438. The number of hydrogen-bond donors (Lipinski definition) is 2. The minimum Gasteiger partial charge on any atom is -0.483 e. The second-order valence-electron chi connectivity index (χ2n) is 6.65. The Morgan fingerprint density at radius 1 is 0.926 bits per heavy atom. The van der Waals surface area contributed by atoms with E-state index in [-0.39, 0.29) is 24.5 Å². The first-order chi connectivity index (χ1) is 13.2. The molecule has 0 unspecified atom stereocenters. The molecule has 2 N–H and O–H groups in total. The molecule has 1 aliphatic carbocycles. The minimum absolute atomic E-state index is 0.111. The van der Waals surface area contributed by atoms with Gasteiger partial charge >= 0.3 is 0 Å². The zero-order valence-electron chi connectivity index (χ0n) is 14.8. The van der Waals surface area contributed by atoms with E-state index >= 15 is 0 Å². The van der Waals surface area contributed by atoms with Crippen LogP contribution in [0.4, 0.5) is 5.69 Å². The summed E-state index contributed by atoms with van der Waals surface area (Å²) < 4.78 is 5.72. The molecule has 5 heteroatoms. The number of anilines is 1. The maximum absolute atomic E-state index is 12.8. The van der Waals surface area contributed by atoms with Crippen molar-refractivity contribution >= 4 is 28.3 Å². The van der Waals surface area contributed by atoms with Crippen LogP contribution in [0, 0.1) is 0 Å². The molecule has 0 aliphatic heterocycles. The van der Waals surface area contributed by atoms with Crippen molar-refractivity contribution in [3.8, 4) is 5.75 Å². The van der Waals surface area contributed by atoms with Crippen LogP contribution in [-0.2, 0) is 4.79 Å². The van der Waals surface area contributed by atoms with Gasteiger partial charge in [-0.3, -0.25) is 9.59 Å². The average Bonchev–Trinajstić information content (AvgIpc) is 3.50. The van der Waals surface area contributed by atoms with Crippen LogP contribution in [0.5, 0.6) is 5.75 Å². The topological polar surface area (TPSA) is 67.4 Å². The Bertz CT molecular complexity index is 981. The van der Waals surface area contributed by atoms with Crippen LogP contribution in [-0.4, -0.2) is 24.5 Å². The number of para-hydroxylation sites is 1. The van der Waals surface area contributed by atoms with E-state index in [1.807, 2.05) is 54.6 Å². The number of fused-ring (bicyclic) bond motifs is 1. The number of rotatable bonds is 6. The SMILES string of the molecule is O=C(COc1cc2ccccc2cc1C(=O)Nc1ccccc1)NC1CC1. The molecule has 0 aromatic heterocycles. The van der Waals surface area contributed by atoms with Gasteiger partial charge in [-0.1, -0.05) is 42.5 Å². The van der Waals surface area contributed by atoms with Gasteiger partial charge in [0.2, 0.25) is 0 Å². The van der Waals surface area contributed by atoms with E-state index < -0.39 is 0 Å². The van der Waals surface area contributed by atoms with Crippen LogP contribution in [0.3, 0.4) is 0 Å². The van der Waals surface area contributed by atoms with Crippen molar-refractivity contribution < 1.29 is 14.3 Å². The first kappa shape index (κ1) is 17.1. The lowest BCUT2D eigenvalue weighted by Gasteiger charge is -2.13. The predicted octanol–water partition coefficient (Wildman–Crippen LogP) is 3.75. The first-order valence-corrected chi connectivity index (χ1v) is 9.00. The second-order valence-corrected chi connectivity index (χ2v) is 6.65. The highest BCUT2D eigenvalue weighted by molar-refractivity contribution is 6.08. The third kappa shape index (κ3) is 4.26. The number of nitrogens with one attached hydrogen (secondary N) is 2. The number of benzene rings is 3. The lowest BCUT2D eigenvalue weighted by atomic mass is 10.1. The van der Waals surface area contributed by atoms with Crippen LogP contribution in [0.15, 0.2) is 66.7 Å². The summed E-state index contributed by atoms with van der Waals surface area (Å²) in [6.45, 7) is -0.111. The highest BCUT2D eigenvalue weighted by Gasteiger charge is 2.23. The van der Waals surface area contributed by atoms with Crippen molar-refractivity contribution in [2.75, 3.05) is 11.9 Å². The van der Waals surface area contributed by atoms with Crippen LogP contribution in [0.25, 0.3) is 10.8 Å². The summed E-state index contributed by atoms with van der Waals surface area (Å²) >= 11 is 0. The summed E-state index contributed by atoms with van der Waals surface area (Å²) in [4.78, 5) is 24.8. The van der Waals surface area contributed by atoms with Gasteiger partial charge in [0.15, 0.2) is 6.61 Å². The van der Waals surface area contributed by atoms with E-state index in [1.165, 1.54) is 0 Å². The molecule has 3 aromatic carbocycles. The van der Waals surface area contributed by atoms with Gasteiger partial charge < -0.3 is 15.4 Å². The van der Waals surface area contributed by atoms with Gasteiger partial charge in [0.25, 0.3) is 11.8 Å². The minimum atomic E-state index is -0.274. The van der Waals surface area contributed by atoms with E-state index in [1.54, 1.807) is 12.1 Å². The van der Waals surface area contributed by atoms with Gasteiger partial charge in [0.05, 0.1) is 5.56 Å². The van der Waals surface area contributed by atoms with Gasteiger partial charge in [0, 0.05) is 11.7 Å². The van der Waals surface area contributed by atoms with Gasteiger partial charge in [0.1, 0.15) is 5.75 Å². The van der Waals surface area contributed by atoms with Gasteiger partial charge in [-0.15, -0.1) is 0 Å². The molecule has 136 valence electrons. The molecule has 1 aliphatic rings. The number of carbonyl (C=O) groups excluding carboxylic acids is 2. The van der Waals surface area contributed by atoms with E-state index in [9.17, 15) is 9.59 Å². The third-order valence-electron chi connectivity index (χ3n) is 4.43. The molecule has 1 saturated carbocycles. The van der Waals surface area contributed by atoms with E-state index in [0.29, 0.717) is 17.0 Å². The average molecular weight is 360 g/mol. The van der Waals surface area contributed by atoms with Crippen LogP contribution in [0.2, 0.25) is 0 Å². The summed E-state index contributed by atoms with van der Waals surface area (Å²) in [6, 6.07) is 20.9. The highest BCUT2D eigenvalue weighted by Crippen LogP contribution is 2.27. The third-order valence-corrected chi connectivity index (χ3v) is 4.43. The number of ether oxygens (including phenoxy) is 1. The Morgan fingerprint density at radius 3 is 2.30 bits per heavy atom. The fraction of sp³-hybridized carbons (Fsp3) is 0.182. The molecular weight excluding hydrogens is 340 g/mol. The quantitative estimate of drug-likeness (QED) is 0.703. The summed E-state index contributed by atoms with van der Waals surface area (Å²) in [5, 5.41) is 7.64. The fourth-order valence-corrected chi connectivity index (χ4v) is 2.88. The molecule has 2 amide bonds. The molecule has 0 radical (unpaired) electrons. The lowest BCUT2D eigenvalue weighted by Crippen LogP contribution is -2.30. The number of hydrogen-bond acceptors (Lipinski definition) is 3. The fourth-order valence-electron chi connectivity index (χ4n) is 2.88. The van der Waals surface area contributed by atoms with E-state index in [2.05, 4.69) is 10.6 Å². The zero-order chi connectivity index (χ0) is 18.6. The van der Waals surface area contributed by atoms with Crippen LogP contribution >= 0.6 is 0 Å². The second kappa shape index (κ2) is 7.50. The molecule has 0 spiro atoms. The smallest absolute Gasteiger partial charge is 0.259 e. The molecule has 4 rings (SSSR count). The monoisotopic (exact) mass is 360 g/mol. The van der Waals surface area contributed by atoms with E-state index in [4.69, 9.17) is 4.74 Å². The molecule has 0 atom stereocenters. The van der Waals surface area contributed by atoms with Crippen LogP contribution < -0.4 is 15.4 Å². The summed E-state index contributed by atoms with van der Waals surface area (Å²) in [7, 11) is 0. The van der Waals surface area contributed by atoms with Gasteiger partial charge in [-0.2, -0.15) is 0 Å². The first-order valence-electron chi connectivity index (χ1n) is 9.00. The van der Waals surface area contributed by atoms with Gasteiger partial charge in [-0.05, 0) is 47.9 Å². The Kier molecular flexibility index (Phi) is 4.75. The highest BCUT2D eigenvalue weighted by atomic mass is 16.5. The van der Waals surface area contributed by atoms with E-state index in [0.717, 1.165) is 23.6 Å². The summed E-state index contributed by atoms with van der Waals surface area (Å²) in [6.07, 6.45) is 2.04. The largest absolute Gasteiger partial charge is 0.483 e. The molecule has 27 heavy (non-hydrogen) atoms. The molecule has 5 nitrogen and oxygen atoms in total. The Labute approximate surface area is 157 Å². The molecule has 1 fully saturated rings. The van der Waals surface area contributed by atoms with Crippen molar-refractivity contribution in [2.24, 2.45) is 0 Å². The molecule has 0 bridgehead atoms. The van der Waals surface area contributed by atoms with Crippen molar-refractivity contribution in [2.45, 2.75) is 18.9 Å². The van der Waals surface area contributed by atoms with Gasteiger partial charge in [-0.25, -0.2) is 0 Å². The Hall–Kier alpha value is -3.34. The maximum Gasteiger partial charge on any atom is 0.259 e. The molecule has 3 aromatic rings. The number of carbonyl (C=O) groups is 2. The van der Waals surface area contributed by atoms with Crippen LogP contribution in [0.1, 0.15) is 23.2 Å². The van der Waals surface area contributed by atoms with Crippen molar-refractivity contribution in [1.29, 1.82) is 0 Å². The zero-order valence-corrected chi connectivity index (χ0v) is 14.8. The Balaban J connectivity index is 1.59. The standard InChI is InChI=1S/C22H20N2O3/c25-21(23-18-10-11-18)14-27-20-13-16-7-5-4-6-15(16)12-19(20)22(26)24-17-8-2-1-3-9-17/h1-9,12-13,18H,10-11,14H2,(H,23,25)(H,24,26).